The summed E-state index contributed by atoms with van der Waals surface area (Å²) in [5.41, 5.74) is 1.98. The van der Waals surface area contributed by atoms with Crippen LogP contribution in [0, 0.1) is 0 Å². The number of carbonyl (C=O) groups is 1. The van der Waals surface area contributed by atoms with Crippen molar-refractivity contribution in [1.82, 2.24) is 5.32 Å². The molecule has 0 aliphatic heterocycles. The third kappa shape index (κ3) is 3.07. The molecule has 1 N–H and O–H groups in total. The van der Waals surface area contributed by atoms with Gasteiger partial charge < -0.3 is 4.74 Å². The third-order valence-corrected chi connectivity index (χ3v) is 4.69. The monoisotopic (exact) mass is 339 g/mol. The summed E-state index contributed by atoms with van der Waals surface area (Å²) in [7, 11) is 1.47. The molecule has 0 spiro atoms. The average Bonchev–Trinajstić information content (AvgIpc) is 2.46. The van der Waals surface area contributed by atoms with Gasteiger partial charge in [-0.25, -0.2) is 0 Å². The van der Waals surface area contributed by atoms with Crippen LogP contribution in [-0.4, -0.2) is 24.7 Å². The maximum Gasteiger partial charge on any atom is 0.326 e. The van der Waals surface area contributed by atoms with Gasteiger partial charge in [0.2, 0.25) is 0 Å². The number of methoxy groups -OCH3 is 1. The van der Waals surface area contributed by atoms with Crippen LogP contribution in [0.15, 0.2) is 22.7 Å². The molecule has 0 heterocycles. The smallest absolute Gasteiger partial charge is 0.326 e. The Morgan fingerprint density at radius 1 is 1.50 bits per heavy atom. The van der Waals surface area contributed by atoms with Gasteiger partial charge in [0, 0.05) is 16.9 Å². The van der Waals surface area contributed by atoms with E-state index in [4.69, 9.17) is 4.74 Å². The summed E-state index contributed by atoms with van der Waals surface area (Å²) in [6, 6.07) is 6.59. The zero-order valence-electron chi connectivity index (χ0n) is 12.3. The molecule has 1 aliphatic carbocycles. The molecule has 4 heteroatoms. The highest BCUT2D eigenvalue weighted by molar-refractivity contribution is 9.10. The molecule has 20 heavy (non-hydrogen) atoms. The van der Waals surface area contributed by atoms with Crippen LogP contribution in [0.2, 0.25) is 0 Å². The molecule has 1 aliphatic rings. The molecular weight excluding hydrogens is 318 g/mol. The van der Waals surface area contributed by atoms with E-state index in [1.807, 2.05) is 6.07 Å². The van der Waals surface area contributed by atoms with Crippen molar-refractivity contribution >= 4 is 21.9 Å². The van der Waals surface area contributed by atoms with E-state index in [1.165, 1.54) is 18.2 Å². The van der Waals surface area contributed by atoms with Gasteiger partial charge >= 0.3 is 5.97 Å². The van der Waals surface area contributed by atoms with Crippen molar-refractivity contribution in [3.05, 3.63) is 33.8 Å². The van der Waals surface area contributed by atoms with Crippen LogP contribution in [0.3, 0.4) is 0 Å². The van der Waals surface area contributed by atoms with E-state index >= 15 is 0 Å². The van der Waals surface area contributed by atoms with E-state index < -0.39 is 5.54 Å². The molecule has 0 saturated carbocycles. The number of nitrogens with one attached hydrogen (secondary N) is 1. The molecule has 2 atom stereocenters. The van der Waals surface area contributed by atoms with Crippen LogP contribution in [0.5, 0.6) is 0 Å². The highest BCUT2D eigenvalue weighted by atomic mass is 79.9. The Kier molecular flexibility index (Phi) is 4.86. The van der Waals surface area contributed by atoms with Crippen LogP contribution >= 0.6 is 15.9 Å². The first-order chi connectivity index (χ1) is 9.50. The van der Waals surface area contributed by atoms with Crippen LogP contribution in [0.4, 0.5) is 0 Å². The number of esters is 1. The predicted molar refractivity (Wildman–Crippen MR) is 83.8 cm³/mol. The number of benzene rings is 1. The summed E-state index contributed by atoms with van der Waals surface area (Å²) in [6.45, 7) is 4.23. The molecule has 1 aromatic carbocycles. The van der Waals surface area contributed by atoms with Gasteiger partial charge in [0.05, 0.1) is 7.11 Å². The Balaban J connectivity index is 2.31. The van der Waals surface area contributed by atoms with Gasteiger partial charge in [-0.3, -0.25) is 10.1 Å². The second-order valence-corrected chi connectivity index (χ2v) is 6.53. The SMILES string of the molecule is CCC(C)NC1(C(=O)OC)CCc2cc(Br)ccc2C1. The molecule has 0 aromatic heterocycles. The van der Waals surface area contributed by atoms with Crippen LogP contribution in [0.1, 0.15) is 37.8 Å². The Labute approximate surface area is 129 Å². The fourth-order valence-corrected chi connectivity index (χ4v) is 3.30. The molecule has 0 bridgehead atoms. The zero-order valence-corrected chi connectivity index (χ0v) is 13.9. The first-order valence-electron chi connectivity index (χ1n) is 7.14. The lowest BCUT2D eigenvalue weighted by Crippen LogP contribution is -2.58. The van der Waals surface area contributed by atoms with Crippen molar-refractivity contribution < 1.29 is 9.53 Å². The van der Waals surface area contributed by atoms with Gasteiger partial charge in [-0.05, 0) is 49.4 Å². The number of hydrogen-bond donors (Lipinski definition) is 1. The largest absolute Gasteiger partial charge is 0.468 e. The summed E-state index contributed by atoms with van der Waals surface area (Å²) in [5.74, 6) is -0.147. The number of rotatable bonds is 4. The third-order valence-electron chi connectivity index (χ3n) is 4.19. The van der Waals surface area contributed by atoms with E-state index in [9.17, 15) is 4.79 Å². The molecule has 0 radical (unpaired) electrons. The number of fused-ring (bicyclic) bond motifs is 1. The summed E-state index contributed by atoms with van der Waals surface area (Å²) >= 11 is 3.51. The van der Waals surface area contributed by atoms with Crippen molar-refractivity contribution in [3.8, 4) is 0 Å². The molecule has 0 saturated heterocycles. The molecule has 2 unspecified atom stereocenters. The molecule has 1 aromatic rings. The predicted octanol–water partition coefficient (Wildman–Crippen LogP) is 3.24. The Morgan fingerprint density at radius 3 is 2.90 bits per heavy atom. The standard InChI is InChI=1S/C16H22BrNO2/c1-4-11(2)18-16(15(19)20-3)8-7-12-9-14(17)6-5-13(12)10-16/h5-6,9,11,18H,4,7-8,10H2,1-3H3. The molecule has 0 amide bonds. The fourth-order valence-electron chi connectivity index (χ4n) is 2.89. The Morgan fingerprint density at radius 2 is 2.25 bits per heavy atom. The van der Waals surface area contributed by atoms with E-state index in [0.717, 1.165) is 23.7 Å². The molecule has 2 rings (SSSR count). The lowest BCUT2D eigenvalue weighted by molar-refractivity contribution is -0.149. The van der Waals surface area contributed by atoms with Crippen molar-refractivity contribution in [3.63, 3.8) is 0 Å². The van der Waals surface area contributed by atoms with Gasteiger partial charge in [-0.2, -0.15) is 0 Å². The molecule has 0 fully saturated rings. The van der Waals surface area contributed by atoms with Gasteiger partial charge in [0.15, 0.2) is 0 Å². The van der Waals surface area contributed by atoms with Crippen molar-refractivity contribution in [2.45, 2.75) is 51.1 Å². The summed E-state index contributed by atoms with van der Waals surface area (Å²) in [6.07, 6.45) is 3.37. The normalized spacial score (nSPS) is 23.0. The minimum atomic E-state index is -0.578. The van der Waals surface area contributed by atoms with Crippen LogP contribution < -0.4 is 5.32 Å². The topological polar surface area (TPSA) is 38.3 Å². The lowest BCUT2D eigenvalue weighted by Gasteiger charge is -2.38. The lowest BCUT2D eigenvalue weighted by atomic mass is 9.77. The van der Waals surface area contributed by atoms with Crippen molar-refractivity contribution in [2.24, 2.45) is 0 Å². The highest BCUT2D eigenvalue weighted by Gasteiger charge is 2.42. The summed E-state index contributed by atoms with van der Waals surface area (Å²) in [5, 5.41) is 3.50. The summed E-state index contributed by atoms with van der Waals surface area (Å²) in [4.78, 5) is 12.3. The minimum Gasteiger partial charge on any atom is -0.468 e. The number of ether oxygens (including phenoxy) is 1. The first kappa shape index (κ1) is 15.5. The number of aryl methyl sites for hydroxylation is 1. The van der Waals surface area contributed by atoms with Gasteiger partial charge in [-0.15, -0.1) is 0 Å². The van der Waals surface area contributed by atoms with E-state index in [1.54, 1.807) is 0 Å². The number of carbonyl (C=O) groups excluding carboxylic acids is 1. The molecule has 110 valence electrons. The van der Waals surface area contributed by atoms with E-state index in [-0.39, 0.29) is 5.97 Å². The zero-order chi connectivity index (χ0) is 14.8. The second kappa shape index (κ2) is 6.27. The van der Waals surface area contributed by atoms with Crippen LogP contribution in [-0.2, 0) is 22.4 Å². The molecular formula is C16H22BrNO2. The maximum absolute atomic E-state index is 12.3. The summed E-state index contributed by atoms with van der Waals surface area (Å²) < 4.78 is 6.16. The maximum atomic E-state index is 12.3. The van der Waals surface area contributed by atoms with E-state index in [2.05, 4.69) is 47.2 Å². The van der Waals surface area contributed by atoms with Crippen LogP contribution in [0.25, 0.3) is 0 Å². The van der Waals surface area contributed by atoms with Crippen molar-refractivity contribution in [2.75, 3.05) is 7.11 Å². The van der Waals surface area contributed by atoms with E-state index in [0.29, 0.717) is 12.5 Å². The highest BCUT2D eigenvalue weighted by Crippen LogP contribution is 2.32. The number of halogens is 1. The van der Waals surface area contributed by atoms with Gasteiger partial charge in [0.1, 0.15) is 5.54 Å². The minimum absolute atomic E-state index is 0.147. The van der Waals surface area contributed by atoms with Gasteiger partial charge in [0.25, 0.3) is 0 Å². The Hall–Kier alpha value is -0.870. The fraction of sp³-hybridized carbons (Fsp3) is 0.562. The first-order valence-corrected chi connectivity index (χ1v) is 7.93. The average molecular weight is 340 g/mol. The Bertz CT molecular complexity index is 503. The van der Waals surface area contributed by atoms with Gasteiger partial charge in [-0.1, -0.05) is 28.9 Å². The number of hydrogen-bond acceptors (Lipinski definition) is 3. The van der Waals surface area contributed by atoms with Crippen molar-refractivity contribution in [1.29, 1.82) is 0 Å². The quantitative estimate of drug-likeness (QED) is 0.856. The second-order valence-electron chi connectivity index (χ2n) is 5.62. The molecule has 3 nitrogen and oxygen atoms in total.